The van der Waals surface area contributed by atoms with Crippen LogP contribution >= 0.6 is 0 Å². The molecule has 1 amide bonds. The molecule has 1 aromatic heterocycles. The Morgan fingerprint density at radius 2 is 1.91 bits per heavy atom. The summed E-state index contributed by atoms with van der Waals surface area (Å²) >= 11 is 0. The average Bonchev–Trinajstić information content (AvgIpc) is 3.56. The van der Waals surface area contributed by atoms with Crippen LogP contribution in [0.1, 0.15) is 28.9 Å². The van der Waals surface area contributed by atoms with E-state index < -0.39 is 36.9 Å². The molecule has 1 saturated carbocycles. The first kappa shape index (κ1) is 23.3. The van der Waals surface area contributed by atoms with Crippen molar-refractivity contribution in [1.82, 2.24) is 9.97 Å². The Bertz CT molecular complexity index is 948. The van der Waals surface area contributed by atoms with E-state index in [1.807, 2.05) is 30.3 Å². The van der Waals surface area contributed by atoms with Crippen LogP contribution in [0.3, 0.4) is 0 Å². The average molecular weight is 449 g/mol. The van der Waals surface area contributed by atoms with E-state index in [2.05, 4.69) is 9.97 Å². The van der Waals surface area contributed by atoms with Crippen molar-refractivity contribution in [2.45, 2.75) is 31.2 Å². The molecule has 0 radical (unpaired) electrons. The number of hydrogen-bond donors (Lipinski definition) is 3. The van der Waals surface area contributed by atoms with Gasteiger partial charge in [0, 0.05) is 0 Å². The highest BCUT2D eigenvalue weighted by Gasteiger charge is 2.46. The molecule has 5 N–H and O–H groups in total. The molecule has 11 heteroatoms. The van der Waals surface area contributed by atoms with Crippen LogP contribution in [-0.2, 0) is 11.2 Å². The van der Waals surface area contributed by atoms with Gasteiger partial charge in [-0.1, -0.05) is 30.3 Å². The fourth-order valence-electron chi connectivity index (χ4n) is 2.89. The van der Waals surface area contributed by atoms with E-state index in [4.69, 9.17) is 21.3 Å². The van der Waals surface area contributed by atoms with Gasteiger partial charge in [0.15, 0.2) is 11.5 Å². The van der Waals surface area contributed by atoms with Crippen LogP contribution in [0.2, 0.25) is 0 Å². The topological polar surface area (TPSA) is 145 Å². The number of hydrogen-bond acceptors (Lipinski definition) is 7. The van der Waals surface area contributed by atoms with Gasteiger partial charge in [-0.15, -0.1) is 0 Å². The van der Waals surface area contributed by atoms with Crippen molar-refractivity contribution in [3.8, 4) is 5.88 Å². The fraction of sp³-hybridized carbons (Fsp3) is 0.429. The van der Waals surface area contributed by atoms with E-state index in [1.54, 1.807) is 0 Å². The molecule has 1 aromatic carbocycles. The lowest BCUT2D eigenvalue weighted by Gasteiger charge is -2.39. The smallest absolute Gasteiger partial charge is 0.356 e. The van der Waals surface area contributed by atoms with Crippen molar-refractivity contribution in [2.24, 2.45) is 17.4 Å². The Kier molecular flexibility index (Phi) is 7.18. The molecule has 1 atom stereocenters. The van der Waals surface area contributed by atoms with Crippen molar-refractivity contribution >= 4 is 17.7 Å². The molecule has 9 nitrogen and oxygen atoms in total. The number of ether oxygens (including phenoxy) is 1. The number of amides is 1. The van der Waals surface area contributed by atoms with Crippen LogP contribution in [0, 0.1) is 5.92 Å². The summed E-state index contributed by atoms with van der Waals surface area (Å²) in [5.41, 5.74) is 11.3. The third-order valence-corrected chi connectivity index (χ3v) is 4.90. The first-order chi connectivity index (χ1) is 15.1. The molecule has 1 aliphatic carbocycles. The molecule has 2 aliphatic rings. The standard InChI is InChI=1S/C12H13F2N3O3.C9H12N2O/c13-12(14)5-17(6-12)9-10(20-4-7-1-2-7)16-8(3-15-9)11(18)19;10-8(9(11)12)6-7-4-2-1-3-5-7/h3,7H,1-2,4-6H2,(H,18,19);1-5,8H,6,10H2,(H2,11,12)/t;8-/m.0/s1. The predicted octanol–water partition coefficient (Wildman–Crippen LogP) is 1.46. The molecular weight excluding hydrogens is 424 g/mol. The molecule has 1 saturated heterocycles. The summed E-state index contributed by atoms with van der Waals surface area (Å²) in [6.07, 6.45) is 3.68. The molecular formula is C21H25F2N5O4. The molecule has 0 spiro atoms. The molecule has 1 aliphatic heterocycles. The maximum Gasteiger partial charge on any atom is 0.356 e. The van der Waals surface area contributed by atoms with Crippen LogP contribution in [-0.4, -0.2) is 58.6 Å². The Morgan fingerprint density at radius 1 is 1.25 bits per heavy atom. The van der Waals surface area contributed by atoms with Gasteiger partial charge >= 0.3 is 5.97 Å². The van der Waals surface area contributed by atoms with E-state index in [9.17, 15) is 18.4 Å². The van der Waals surface area contributed by atoms with Gasteiger partial charge in [0.05, 0.1) is 31.9 Å². The number of benzene rings is 1. The number of nitrogens with two attached hydrogens (primary N) is 2. The summed E-state index contributed by atoms with van der Waals surface area (Å²) in [6.45, 7) is -0.489. The van der Waals surface area contributed by atoms with Crippen LogP contribution in [0.5, 0.6) is 5.88 Å². The van der Waals surface area contributed by atoms with Gasteiger partial charge in [0.2, 0.25) is 5.91 Å². The first-order valence-corrected chi connectivity index (χ1v) is 10.1. The molecule has 2 heterocycles. The zero-order chi connectivity index (χ0) is 23.3. The number of nitrogens with zero attached hydrogens (tertiary/aromatic N) is 3. The molecule has 2 fully saturated rings. The van der Waals surface area contributed by atoms with Crippen molar-refractivity contribution < 1.29 is 28.2 Å². The molecule has 0 unspecified atom stereocenters. The van der Waals surface area contributed by atoms with Crippen LogP contribution < -0.4 is 21.1 Å². The van der Waals surface area contributed by atoms with E-state index >= 15 is 0 Å². The lowest BCUT2D eigenvalue weighted by Crippen LogP contribution is -2.56. The number of carbonyl (C=O) groups excluding carboxylic acids is 1. The van der Waals surface area contributed by atoms with E-state index in [0.29, 0.717) is 18.9 Å². The number of carboxylic acids is 1. The number of carboxylic acid groups (broad SMARTS) is 1. The fourth-order valence-corrected chi connectivity index (χ4v) is 2.89. The summed E-state index contributed by atoms with van der Waals surface area (Å²) in [5.74, 6) is -3.78. The van der Waals surface area contributed by atoms with E-state index in [1.165, 1.54) is 4.90 Å². The predicted molar refractivity (Wildman–Crippen MR) is 112 cm³/mol. The van der Waals surface area contributed by atoms with Gasteiger partial charge in [-0.2, -0.15) is 0 Å². The minimum absolute atomic E-state index is 0.0206. The van der Waals surface area contributed by atoms with Crippen molar-refractivity contribution in [3.63, 3.8) is 0 Å². The number of carbonyl (C=O) groups is 2. The van der Waals surface area contributed by atoms with Crippen LogP contribution in [0.25, 0.3) is 0 Å². The second-order valence-electron chi connectivity index (χ2n) is 7.85. The Morgan fingerprint density at radius 3 is 2.44 bits per heavy atom. The number of primary amides is 1. The summed E-state index contributed by atoms with van der Waals surface area (Å²) < 4.78 is 31.3. The molecule has 0 bridgehead atoms. The third-order valence-electron chi connectivity index (χ3n) is 4.90. The van der Waals surface area contributed by atoms with Crippen molar-refractivity contribution in [3.05, 3.63) is 47.8 Å². The van der Waals surface area contributed by atoms with Crippen molar-refractivity contribution in [1.29, 1.82) is 0 Å². The minimum Gasteiger partial charge on any atom is -0.476 e. The SMILES string of the molecule is NC(=O)[C@@H](N)Cc1ccccc1.O=C(O)c1cnc(N2CC(F)(F)C2)c(OCC2CC2)n1. The molecule has 32 heavy (non-hydrogen) atoms. The number of halogens is 2. The summed E-state index contributed by atoms with van der Waals surface area (Å²) in [6, 6.07) is 8.99. The lowest BCUT2D eigenvalue weighted by atomic mass is 10.1. The zero-order valence-corrected chi connectivity index (χ0v) is 17.3. The summed E-state index contributed by atoms with van der Waals surface area (Å²) in [5, 5.41) is 8.89. The normalized spacial score (nSPS) is 17.4. The third kappa shape index (κ3) is 6.58. The number of alkyl halides is 2. The van der Waals surface area contributed by atoms with Gasteiger partial charge in [-0.25, -0.2) is 23.5 Å². The van der Waals surface area contributed by atoms with Gasteiger partial charge in [0.25, 0.3) is 11.8 Å². The van der Waals surface area contributed by atoms with Crippen LogP contribution in [0.4, 0.5) is 14.6 Å². The highest BCUT2D eigenvalue weighted by molar-refractivity contribution is 5.85. The molecule has 2 aromatic rings. The Hall–Kier alpha value is -3.34. The van der Waals surface area contributed by atoms with Gasteiger partial charge in [-0.3, -0.25) is 4.79 Å². The second-order valence-corrected chi connectivity index (χ2v) is 7.85. The largest absolute Gasteiger partial charge is 0.476 e. The van der Waals surface area contributed by atoms with E-state index in [-0.39, 0.29) is 17.4 Å². The minimum atomic E-state index is -2.74. The number of aromatic carboxylic acids is 1. The zero-order valence-electron chi connectivity index (χ0n) is 17.3. The number of aromatic nitrogens is 2. The van der Waals surface area contributed by atoms with Crippen molar-refractivity contribution in [2.75, 3.05) is 24.6 Å². The Balaban J connectivity index is 0.000000207. The highest BCUT2D eigenvalue weighted by atomic mass is 19.3. The maximum atomic E-state index is 12.9. The van der Waals surface area contributed by atoms with Gasteiger partial charge in [-0.05, 0) is 30.7 Å². The van der Waals surface area contributed by atoms with E-state index in [0.717, 1.165) is 24.6 Å². The first-order valence-electron chi connectivity index (χ1n) is 10.1. The summed E-state index contributed by atoms with van der Waals surface area (Å²) in [7, 11) is 0. The maximum absolute atomic E-state index is 12.9. The highest BCUT2D eigenvalue weighted by Crippen LogP contribution is 2.36. The second kappa shape index (κ2) is 9.86. The number of anilines is 1. The van der Waals surface area contributed by atoms with Crippen LogP contribution in [0.15, 0.2) is 36.5 Å². The summed E-state index contributed by atoms with van der Waals surface area (Å²) in [4.78, 5) is 30.6. The van der Waals surface area contributed by atoms with Gasteiger partial charge < -0.3 is 26.2 Å². The monoisotopic (exact) mass is 449 g/mol. The molecule has 4 rings (SSSR count). The Labute approximate surface area is 183 Å². The number of rotatable bonds is 8. The quantitative estimate of drug-likeness (QED) is 0.549. The molecule has 172 valence electrons. The lowest BCUT2D eigenvalue weighted by molar-refractivity contribution is -0.119. The van der Waals surface area contributed by atoms with Gasteiger partial charge in [0.1, 0.15) is 0 Å².